The monoisotopic (exact) mass is 1850 g/mol. The first-order chi connectivity index (χ1) is 55.9. The van der Waals surface area contributed by atoms with E-state index in [2.05, 4.69) is 32.7 Å². The van der Waals surface area contributed by atoms with E-state index in [1.54, 1.807) is 0 Å². The topological polar surface area (TPSA) is 942 Å². The first kappa shape index (κ1) is 100. The van der Waals surface area contributed by atoms with E-state index in [4.69, 9.17) is 75.6 Å². The van der Waals surface area contributed by atoms with E-state index in [0.29, 0.717) is 6.92 Å². The van der Waals surface area contributed by atoms with Crippen LogP contribution in [0.3, 0.4) is 0 Å². The Morgan fingerprint density at radius 2 is 0.463 bits per heavy atom. The average molecular weight is 1860 g/mol. The molecule has 0 spiro atoms. The number of amides is 4. The lowest BCUT2D eigenvalue weighted by Gasteiger charge is -2.50. The van der Waals surface area contributed by atoms with Gasteiger partial charge in [0.05, 0.1) is 26.4 Å². The molecule has 0 aliphatic carbocycles. The largest absolute Gasteiger partial charge is 0.479 e. The molecule has 121 heavy (non-hydrogen) atoms. The number of aliphatic hydroxyl groups excluding tert-OH is 14. The summed E-state index contributed by atoms with van der Waals surface area (Å²) in [4.78, 5) is 102. The lowest BCUT2D eigenvalue weighted by molar-refractivity contribution is -0.381. The number of hydrogen-bond donors (Lipinski definition) is 26. The highest BCUT2D eigenvalue weighted by Crippen LogP contribution is 2.40. The Morgan fingerprint density at radius 1 is 0.256 bits per heavy atom. The quantitative estimate of drug-likeness (QED) is 0.0266. The van der Waals surface area contributed by atoms with Gasteiger partial charge in [-0.05, 0) is 0 Å². The Morgan fingerprint density at radius 3 is 0.694 bits per heavy atom. The molecule has 0 aromatic rings. The van der Waals surface area contributed by atoms with Gasteiger partial charge in [-0.1, -0.05) is 0 Å². The van der Waals surface area contributed by atoms with Gasteiger partial charge in [-0.3, -0.25) is 37.4 Å². The van der Waals surface area contributed by atoms with Gasteiger partial charge in [-0.15, -0.1) is 0 Å². The van der Waals surface area contributed by atoms with Crippen molar-refractivity contribution in [1.82, 2.24) is 21.3 Å². The summed E-state index contributed by atoms with van der Waals surface area (Å²) in [5, 5.41) is 209. The fraction of sp³-hybridized carbons (Fsp3) is 0.857. The smallest absolute Gasteiger partial charge is 0.397 e. The van der Waals surface area contributed by atoms with Crippen molar-refractivity contribution in [2.75, 3.05) is 26.4 Å². The van der Waals surface area contributed by atoms with Crippen molar-refractivity contribution in [2.45, 2.75) is 273 Å². The third-order valence-corrected chi connectivity index (χ3v) is 20.7. The lowest BCUT2D eigenvalue weighted by atomic mass is 9.93. The number of carboxylic acids is 4. The molecule has 8 fully saturated rings. The molecule has 26 N–H and O–H groups in total. The van der Waals surface area contributed by atoms with E-state index in [-0.39, 0.29) is 0 Å². The number of rotatable bonds is 34. The van der Waals surface area contributed by atoms with E-state index >= 15 is 0 Å². The van der Waals surface area contributed by atoms with Crippen molar-refractivity contribution in [3.05, 3.63) is 0 Å². The van der Waals surface area contributed by atoms with Crippen molar-refractivity contribution in [1.29, 1.82) is 0 Å². The zero-order valence-corrected chi connectivity index (χ0v) is 64.9. The summed E-state index contributed by atoms with van der Waals surface area (Å²) in [5.74, 6) is -13.2. The number of ether oxygens (including phenoxy) is 15. The van der Waals surface area contributed by atoms with Crippen molar-refractivity contribution >= 4 is 89.1 Å². The molecule has 8 heterocycles. The molecule has 0 aromatic heterocycles. The summed E-state index contributed by atoms with van der Waals surface area (Å²) in [5.41, 5.74) is 0. The Hall–Kier alpha value is -5.92. The molecule has 0 bridgehead atoms. The minimum Gasteiger partial charge on any atom is -0.479 e. The Labute approximate surface area is 677 Å². The Kier molecular flexibility index (Phi) is 33.9. The summed E-state index contributed by atoms with van der Waals surface area (Å²) in [7, 11) is -22.3. The highest BCUT2D eigenvalue weighted by Gasteiger charge is 2.63. The van der Waals surface area contributed by atoms with Crippen molar-refractivity contribution < 1.29 is 270 Å². The van der Waals surface area contributed by atoms with Gasteiger partial charge >= 0.3 is 65.5 Å². The molecule has 4 amide bonds. The van der Waals surface area contributed by atoms with Crippen LogP contribution in [0.15, 0.2) is 0 Å². The van der Waals surface area contributed by atoms with Crippen LogP contribution in [0.1, 0.15) is 27.7 Å². The maximum Gasteiger partial charge on any atom is 0.397 e. The minimum absolute atomic E-state index is 0.713. The van der Waals surface area contributed by atoms with Crippen LogP contribution in [0.25, 0.3) is 0 Å². The van der Waals surface area contributed by atoms with Gasteiger partial charge in [0.2, 0.25) is 23.6 Å². The zero-order valence-electron chi connectivity index (χ0n) is 61.7. The second kappa shape index (κ2) is 40.8. The highest BCUT2D eigenvalue weighted by atomic mass is 32.3. The third-order valence-electron chi connectivity index (χ3n) is 18.9. The summed E-state index contributed by atoms with van der Waals surface area (Å²) in [6.45, 7) is -3.08. The summed E-state index contributed by atoms with van der Waals surface area (Å²) < 4.78 is 234. The van der Waals surface area contributed by atoms with Crippen molar-refractivity contribution in [3.8, 4) is 0 Å². The average Bonchev–Trinajstić information content (AvgIpc) is 0.764. The van der Waals surface area contributed by atoms with Crippen LogP contribution < -0.4 is 21.3 Å². The van der Waals surface area contributed by atoms with Gasteiger partial charge < -0.3 is 184 Å². The first-order valence-electron chi connectivity index (χ1n) is 34.7. The predicted octanol–water partition coefficient (Wildman–Crippen LogP) is -18.2. The Bertz CT molecular complexity index is 4100. The second-order valence-electron chi connectivity index (χ2n) is 27.6. The SMILES string of the molecule is CC(=O)N[C@H]1[C@H](O[C@H]2[C@H](O)[C@@H](O)[C@H](O[C@H]3[C@H](O)[C@@H](NC(C)=O)[C@H](O[C@H]4[C@H](O)[C@@H](O)[C@H](O)O[C@H]4C(=O)O)O[C@@H]3COS(=O)(=O)O)O[C@H]2C(=O)O)O[C@H](COS(=O)(=O)O)[C@@H](O[C@H]2O[C@H](C(=O)O)[C@@H](O[C@H]3O[C@H](COS(=O)(=O)O)[C@@H](O[C@@H]4O[C@H](C(=O)O)[C@@H](O[C@H]5O[C@H](COS(=O)(=O)O)[C@@H](O)[C@H](O)[C@H]5NC(C)=O)[C@H](O)[C@H]4O)[C@H](O)[C@H]3NC(C)=O)[C@H](O)[C@H]2O)[C@@H]1O. The normalized spacial score (nSPS) is 42.7. The van der Waals surface area contributed by atoms with Crippen molar-refractivity contribution in [3.63, 3.8) is 0 Å². The fourth-order valence-electron chi connectivity index (χ4n) is 13.6. The number of carboxylic acid groups (broad SMARTS) is 4. The number of hydrogen-bond acceptors (Lipinski definition) is 49. The molecule has 0 aromatic carbocycles. The molecule has 0 saturated carbocycles. The maximum absolute atomic E-state index is 13.3. The van der Waals surface area contributed by atoms with E-state index in [1.165, 1.54) is 0 Å². The second-order valence-corrected chi connectivity index (χ2v) is 31.9. The summed E-state index contributed by atoms with van der Waals surface area (Å²) >= 11 is 0. The van der Waals surface area contributed by atoms with Gasteiger partial charge in [0.1, 0.15) is 171 Å². The third kappa shape index (κ3) is 25.3. The van der Waals surface area contributed by atoms with Crippen LogP contribution in [-0.4, -0.2) is 463 Å². The molecule has 40 atom stereocenters. The molecule has 8 rings (SSSR count). The highest BCUT2D eigenvalue weighted by molar-refractivity contribution is 7.81. The molecule has 8 aliphatic heterocycles. The molecule has 8 saturated heterocycles. The number of nitrogens with one attached hydrogen (secondary N) is 4. The van der Waals surface area contributed by atoms with Gasteiger partial charge in [-0.25, -0.2) is 35.9 Å². The number of carbonyl (C=O) groups is 8. The molecule has 696 valence electrons. The van der Waals surface area contributed by atoms with E-state index in [9.17, 15) is 178 Å². The number of aliphatic carboxylic acids is 4. The molecule has 8 aliphatic rings. The molecule has 65 heteroatoms. The van der Waals surface area contributed by atoms with Crippen LogP contribution >= 0.6 is 0 Å². The van der Waals surface area contributed by atoms with Crippen LogP contribution in [-0.2, 0) is 168 Å². The Balaban J connectivity index is 1.03. The van der Waals surface area contributed by atoms with E-state index in [0.717, 1.165) is 20.8 Å². The van der Waals surface area contributed by atoms with Crippen LogP contribution in [0, 0.1) is 0 Å². The molecular formula is C56H86N4O57S4. The summed E-state index contributed by atoms with van der Waals surface area (Å²) in [6.07, 6.45) is -92.0. The molecular weight excluding hydrogens is 1770 g/mol. The van der Waals surface area contributed by atoms with Crippen LogP contribution in [0.2, 0.25) is 0 Å². The number of aliphatic hydroxyl groups is 14. The maximum atomic E-state index is 13.3. The lowest BCUT2D eigenvalue weighted by Crippen LogP contribution is -2.71. The minimum atomic E-state index is -5.71. The fourth-order valence-corrected chi connectivity index (χ4v) is 14.8. The van der Waals surface area contributed by atoms with Crippen LogP contribution in [0.5, 0.6) is 0 Å². The van der Waals surface area contributed by atoms with Gasteiger partial charge in [0.15, 0.2) is 74.7 Å². The number of carbonyl (C=O) groups excluding carboxylic acids is 4. The summed E-state index contributed by atoms with van der Waals surface area (Å²) in [6, 6.07) is -8.86. The van der Waals surface area contributed by atoms with Crippen molar-refractivity contribution in [2.24, 2.45) is 0 Å². The van der Waals surface area contributed by atoms with E-state index in [1.807, 2.05) is 5.32 Å². The molecule has 61 nitrogen and oxygen atoms in total. The zero-order chi connectivity index (χ0) is 90.8. The predicted molar refractivity (Wildman–Crippen MR) is 355 cm³/mol. The van der Waals surface area contributed by atoms with Crippen LogP contribution in [0.4, 0.5) is 0 Å². The first-order valence-corrected chi connectivity index (χ1v) is 40.2. The van der Waals surface area contributed by atoms with E-state index < -0.39 is 361 Å². The van der Waals surface area contributed by atoms with Gasteiger partial charge in [0, 0.05) is 27.7 Å². The molecule has 0 unspecified atom stereocenters. The standard InChI is InChI=1S/C56H86N4O57S4/c1-9(61)57-17-22(66)21(65)13(5-99-118(87,88)89)103-50(17)112-38-27(71)31(75)54(115-42(38)46(80)81)109-35-15(7-101-120(93,94)95)105-52(19(24(35)68)59-11(3)63)114-40-29(73)33(77)56(117-44(40)48(84)85)110-36-16(8-102-121(96,97)98)106-53(20(25(36)69)60-12(4)64)113-39-28(72)32(76)55(116-43(39)47(82)83)108-34-14(6-100-119(90,91)92)104-51(18(23(34)67)58-10(2)62)111-37-26(70)30(74)49(86)107-41(37)45(78)79/h13-44,49-56,65-77,86H,5-8H2,1-4H3,(H,57,61)(H,58,62)(H,59,63)(H,60,64)(H,78,79)(H,80,81)(H,82,83)(H,84,85)(H,87,88,89)(H,90,91,92)(H,93,94,95)(H,96,97,98)/t13-,14-,15-,16-,17-,18-,19-,20-,21-,22-,23-,24-,25-,26-,27-,28-,29-,30-,31-,32-,33-,34-,35-,36-,37+,38+,39+,40+,41-,42+,43-,44+,49-,50-,51+,52-,53+,54-,55-,56+/m1/s1. The van der Waals surface area contributed by atoms with Gasteiger partial charge in [-0.2, -0.15) is 33.7 Å². The molecule has 0 radical (unpaired) electrons. The van der Waals surface area contributed by atoms with Gasteiger partial charge in [0.25, 0.3) is 0 Å².